The molecule has 2 N–H and O–H groups in total. The van der Waals surface area contributed by atoms with Gasteiger partial charge in [-0.2, -0.15) is 0 Å². The van der Waals surface area contributed by atoms with Crippen molar-refractivity contribution in [3.63, 3.8) is 0 Å². The van der Waals surface area contributed by atoms with Crippen LogP contribution in [-0.4, -0.2) is 35.5 Å². The first-order valence-corrected chi connectivity index (χ1v) is 8.27. The van der Waals surface area contributed by atoms with Gasteiger partial charge in [0.15, 0.2) is 0 Å². The molecular formula is C15H15N3O3S. The molecule has 0 saturated carbocycles. The fourth-order valence-corrected chi connectivity index (χ4v) is 2.41. The predicted molar refractivity (Wildman–Crippen MR) is 84.4 cm³/mol. The van der Waals surface area contributed by atoms with E-state index in [-0.39, 0.29) is 27.9 Å². The Hall–Kier alpha value is -2.54. The van der Waals surface area contributed by atoms with Crippen LogP contribution in [0.4, 0.5) is 0 Å². The molecule has 6 nitrogen and oxygen atoms in total. The highest BCUT2D eigenvalue weighted by molar-refractivity contribution is 7.90. The lowest BCUT2D eigenvalue weighted by Gasteiger charge is -2.10. The van der Waals surface area contributed by atoms with Crippen LogP contribution >= 0.6 is 0 Å². The van der Waals surface area contributed by atoms with E-state index in [1.165, 1.54) is 19.2 Å². The second-order valence-electron chi connectivity index (χ2n) is 4.71. The Morgan fingerprint density at radius 1 is 1.18 bits per heavy atom. The maximum Gasteiger partial charge on any atom is 0.247 e. The van der Waals surface area contributed by atoms with Gasteiger partial charge in [0.2, 0.25) is 15.0 Å². The van der Waals surface area contributed by atoms with Crippen LogP contribution in [0.3, 0.4) is 0 Å². The maximum atomic E-state index is 11.6. The van der Waals surface area contributed by atoms with E-state index >= 15 is 0 Å². The normalized spacial score (nSPS) is 12.6. The van der Waals surface area contributed by atoms with Crippen molar-refractivity contribution >= 4 is 26.9 Å². The van der Waals surface area contributed by atoms with Gasteiger partial charge in [-0.25, -0.2) is 18.4 Å². The number of sulfone groups is 1. The molecule has 0 atom stereocenters. The second kappa shape index (κ2) is 6.07. The molecule has 0 aliphatic carbocycles. The van der Waals surface area contributed by atoms with Gasteiger partial charge in [0, 0.05) is 23.7 Å². The van der Waals surface area contributed by atoms with Crippen LogP contribution in [-0.2, 0) is 9.84 Å². The zero-order valence-electron chi connectivity index (χ0n) is 12.1. The quantitative estimate of drug-likeness (QED) is 0.512. The van der Waals surface area contributed by atoms with Gasteiger partial charge in [-0.3, -0.25) is 0 Å². The molecule has 2 aromatic rings. The third-order valence-electron chi connectivity index (χ3n) is 2.88. The van der Waals surface area contributed by atoms with E-state index in [4.69, 9.17) is 5.41 Å². The lowest BCUT2D eigenvalue weighted by atomic mass is 10.0. The Morgan fingerprint density at radius 3 is 2.36 bits per heavy atom. The third kappa shape index (κ3) is 3.37. The van der Waals surface area contributed by atoms with Gasteiger partial charge < -0.3 is 10.5 Å². The van der Waals surface area contributed by atoms with Crippen LogP contribution in [0.1, 0.15) is 18.2 Å². The number of hydrogen-bond acceptors (Lipinski definition) is 6. The zero-order chi connectivity index (χ0) is 16.3. The van der Waals surface area contributed by atoms with Crippen molar-refractivity contribution in [2.75, 3.05) is 6.26 Å². The molecule has 7 heteroatoms. The minimum Gasteiger partial charge on any atom is -0.507 e. The highest BCUT2D eigenvalue weighted by Gasteiger charge is 2.18. The van der Waals surface area contributed by atoms with E-state index < -0.39 is 9.84 Å². The molecule has 114 valence electrons. The zero-order valence-corrected chi connectivity index (χ0v) is 12.9. The van der Waals surface area contributed by atoms with Crippen molar-refractivity contribution in [1.82, 2.24) is 9.97 Å². The van der Waals surface area contributed by atoms with Gasteiger partial charge >= 0.3 is 0 Å². The molecule has 0 amide bonds. The molecule has 0 saturated heterocycles. The molecule has 1 aromatic carbocycles. The molecule has 0 aliphatic heterocycles. The lowest BCUT2D eigenvalue weighted by Crippen LogP contribution is -2.08. The van der Waals surface area contributed by atoms with Gasteiger partial charge in [0.05, 0.1) is 11.3 Å². The number of allylic oxidation sites excluding steroid dienone is 1. The Morgan fingerprint density at radius 2 is 1.82 bits per heavy atom. The summed E-state index contributed by atoms with van der Waals surface area (Å²) in [6, 6.07) is 10.2. The van der Waals surface area contributed by atoms with Crippen LogP contribution < -0.4 is 0 Å². The van der Waals surface area contributed by atoms with E-state index in [0.717, 1.165) is 6.26 Å². The van der Waals surface area contributed by atoms with E-state index in [2.05, 4.69) is 9.97 Å². The summed E-state index contributed by atoms with van der Waals surface area (Å²) in [5.74, 6) is -0.133. The van der Waals surface area contributed by atoms with E-state index in [1.54, 1.807) is 30.3 Å². The van der Waals surface area contributed by atoms with Crippen LogP contribution in [0.2, 0.25) is 0 Å². The average molecular weight is 317 g/mol. The number of nitrogens with zero attached hydrogens (tertiary/aromatic N) is 2. The smallest absolute Gasteiger partial charge is 0.247 e. The summed E-state index contributed by atoms with van der Waals surface area (Å²) < 4.78 is 23.1. The fraction of sp³-hybridized carbons (Fsp3) is 0.133. The fourth-order valence-electron chi connectivity index (χ4n) is 1.89. The monoisotopic (exact) mass is 317 g/mol. The molecule has 0 radical (unpaired) electrons. The number of aliphatic hydroxyl groups is 1. The van der Waals surface area contributed by atoms with Crippen molar-refractivity contribution in [1.29, 1.82) is 5.41 Å². The molecule has 1 aromatic heterocycles. The predicted octanol–water partition coefficient (Wildman–Crippen LogP) is 2.35. The Kier molecular flexibility index (Phi) is 4.37. The number of aliphatic hydroxyl groups excluding tert-OH is 1. The maximum absolute atomic E-state index is 11.6. The highest BCUT2D eigenvalue weighted by atomic mass is 32.2. The number of nitrogens with one attached hydrogen (secondary N) is 1. The molecule has 0 unspecified atom stereocenters. The summed E-state index contributed by atoms with van der Waals surface area (Å²) in [6.07, 6.45) is 2.30. The molecule has 0 spiro atoms. The number of aromatic nitrogens is 2. The summed E-state index contributed by atoms with van der Waals surface area (Å²) in [6.45, 7) is 1.50. The standard InChI is InChI=1S/C15H15N3O3S/c1-10(16)13(14(19)11-6-4-3-5-7-11)12-8-9-17-15(18-12)22(2,20)21/h3-9,16,19H,1-2H3/b14-13+,16-10?. The first kappa shape index (κ1) is 15.8. The van der Waals surface area contributed by atoms with Crippen LogP contribution in [0, 0.1) is 5.41 Å². The van der Waals surface area contributed by atoms with E-state index in [9.17, 15) is 13.5 Å². The molecule has 0 bridgehead atoms. The Balaban J connectivity index is 2.67. The first-order chi connectivity index (χ1) is 10.3. The third-order valence-corrected chi connectivity index (χ3v) is 3.74. The Labute approximate surface area is 128 Å². The first-order valence-electron chi connectivity index (χ1n) is 6.38. The van der Waals surface area contributed by atoms with Crippen molar-refractivity contribution in [3.8, 4) is 0 Å². The molecule has 0 fully saturated rings. The van der Waals surface area contributed by atoms with Crippen LogP contribution in [0.15, 0.2) is 47.8 Å². The molecule has 1 heterocycles. The van der Waals surface area contributed by atoms with Crippen molar-refractivity contribution < 1.29 is 13.5 Å². The van der Waals surface area contributed by atoms with Crippen molar-refractivity contribution in [2.24, 2.45) is 0 Å². The van der Waals surface area contributed by atoms with E-state index in [1.807, 2.05) is 0 Å². The summed E-state index contributed by atoms with van der Waals surface area (Å²) in [4.78, 5) is 7.67. The number of rotatable bonds is 4. The molecular weight excluding hydrogens is 302 g/mol. The molecule has 0 aliphatic rings. The van der Waals surface area contributed by atoms with Gasteiger partial charge in [-0.05, 0) is 13.0 Å². The van der Waals surface area contributed by atoms with Crippen LogP contribution in [0.25, 0.3) is 11.3 Å². The lowest BCUT2D eigenvalue weighted by molar-refractivity contribution is 0.514. The average Bonchev–Trinajstić information content (AvgIpc) is 2.47. The highest BCUT2D eigenvalue weighted by Crippen LogP contribution is 2.24. The van der Waals surface area contributed by atoms with Gasteiger partial charge in [-0.15, -0.1) is 0 Å². The van der Waals surface area contributed by atoms with Gasteiger partial charge in [-0.1, -0.05) is 30.3 Å². The Bertz CT molecular complexity index is 843. The number of hydrogen-bond donors (Lipinski definition) is 2. The van der Waals surface area contributed by atoms with Crippen molar-refractivity contribution in [2.45, 2.75) is 12.1 Å². The second-order valence-corrected chi connectivity index (χ2v) is 6.62. The van der Waals surface area contributed by atoms with Gasteiger partial charge in [0.1, 0.15) is 5.76 Å². The molecule has 22 heavy (non-hydrogen) atoms. The SMILES string of the molecule is CC(=N)/C(=C(\O)c1ccccc1)c1ccnc(S(C)(=O)=O)n1. The minimum absolute atomic E-state index is 0.0690. The topological polar surface area (TPSA) is 104 Å². The largest absolute Gasteiger partial charge is 0.507 e. The summed E-state index contributed by atoms with van der Waals surface area (Å²) in [5, 5.41) is 18.0. The van der Waals surface area contributed by atoms with Gasteiger partial charge in [0.25, 0.3) is 0 Å². The minimum atomic E-state index is -3.57. The summed E-state index contributed by atoms with van der Waals surface area (Å²) in [5.41, 5.74) is 0.936. The van der Waals surface area contributed by atoms with E-state index in [0.29, 0.717) is 5.56 Å². The summed E-state index contributed by atoms with van der Waals surface area (Å²) in [7, 11) is -3.57. The van der Waals surface area contributed by atoms with Crippen LogP contribution in [0.5, 0.6) is 0 Å². The summed E-state index contributed by atoms with van der Waals surface area (Å²) >= 11 is 0. The number of benzene rings is 1. The molecule has 2 rings (SSSR count). The van der Waals surface area contributed by atoms with Crippen molar-refractivity contribution in [3.05, 3.63) is 53.9 Å².